The molecule has 2 aromatic rings. The van der Waals surface area contributed by atoms with Crippen molar-refractivity contribution in [2.75, 3.05) is 0 Å². The van der Waals surface area contributed by atoms with Crippen molar-refractivity contribution in [2.24, 2.45) is 9.98 Å². The van der Waals surface area contributed by atoms with Crippen LogP contribution in [0.25, 0.3) is 0 Å². The fourth-order valence-electron chi connectivity index (χ4n) is 5.93. The third-order valence-electron chi connectivity index (χ3n) is 8.68. The summed E-state index contributed by atoms with van der Waals surface area (Å²) in [5.74, 6) is 0. The second kappa shape index (κ2) is 31.3. The van der Waals surface area contributed by atoms with Gasteiger partial charge >= 0.3 is 0 Å². The molecule has 2 rings (SSSR count). The second-order valence-electron chi connectivity index (χ2n) is 12.8. The van der Waals surface area contributed by atoms with Crippen molar-refractivity contribution in [3.8, 4) is 0 Å². The molecule has 0 aliphatic heterocycles. The molecule has 44 heavy (non-hydrogen) atoms. The quantitative estimate of drug-likeness (QED) is 0.0478. The molecule has 0 fully saturated rings. The smallest absolute Gasteiger partial charge is 0.0633 e. The molecule has 0 amide bonds. The molecule has 0 N–H and O–H groups in total. The number of hydrogen-bond acceptors (Lipinski definition) is 2. The van der Waals surface area contributed by atoms with Crippen LogP contribution in [0.1, 0.15) is 174 Å². The first kappa shape index (κ1) is 40.3. The summed E-state index contributed by atoms with van der Waals surface area (Å²) in [6.45, 7) is 2.30. The van der Waals surface area contributed by atoms with E-state index in [-0.39, 0.29) is 16.5 Å². The normalized spacial score (nSPS) is 11.7. The van der Waals surface area contributed by atoms with E-state index in [2.05, 4.69) is 24.0 Å². The molecule has 0 saturated carbocycles. The SMILES string of the molecule is CCCCCCCCCCCCCCCCCCCCCCCCCCCC(/C=N/c1ccccc1)=N\c1ccccc1.[Ni]. The number of unbranched alkanes of at least 4 members (excludes halogenated alkanes) is 24. The van der Waals surface area contributed by atoms with Crippen molar-refractivity contribution in [2.45, 2.75) is 174 Å². The third kappa shape index (κ3) is 24.6. The summed E-state index contributed by atoms with van der Waals surface area (Å²) >= 11 is 0. The van der Waals surface area contributed by atoms with E-state index in [4.69, 9.17) is 4.99 Å². The molecule has 0 atom stereocenters. The van der Waals surface area contributed by atoms with Crippen LogP contribution in [0.2, 0.25) is 0 Å². The minimum absolute atomic E-state index is 0. The van der Waals surface area contributed by atoms with E-state index in [1.54, 1.807) is 0 Å². The van der Waals surface area contributed by atoms with Gasteiger partial charge in [-0.3, -0.25) is 9.98 Å². The molecule has 0 aliphatic carbocycles. The zero-order chi connectivity index (χ0) is 30.3. The van der Waals surface area contributed by atoms with Crippen molar-refractivity contribution in [3.05, 3.63) is 60.7 Å². The van der Waals surface area contributed by atoms with Gasteiger partial charge in [0.2, 0.25) is 0 Å². The predicted octanol–water partition coefficient (Wildman–Crippen LogP) is 14.3. The first-order valence-corrected chi connectivity index (χ1v) is 18.6. The van der Waals surface area contributed by atoms with E-state index in [0.29, 0.717) is 0 Å². The zero-order valence-electron chi connectivity index (χ0n) is 28.4. The van der Waals surface area contributed by atoms with Crippen LogP contribution < -0.4 is 0 Å². The van der Waals surface area contributed by atoms with Gasteiger partial charge in [0.25, 0.3) is 0 Å². The van der Waals surface area contributed by atoms with Gasteiger partial charge in [-0.05, 0) is 37.1 Å². The van der Waals surface area contributed by atoms with E-state index < -0.39 is 0 Å². The van der Waals surface area contributed by atoms with Gasteiger partial charge < -0.3 is 0 Å². The second-order valence-corrected chi connectivity index (χ2v) is 12.8. The topological polar surface area (TPSA) is 24.7 Å². The summed E-state index contributed by atoms with van der Waals surface area (Å²) in [6, 6.07) is 20.4. The van der Waals surface area contributed by atoms with Gasteiger partial charge in [-0.25, -0.2) is 0 Å². The van der Waals surface area contributed by atoms with E-state index >= 15 is 0 Å². The summed E-state index contributed by atoms with van der Waals surface area (Å²) < 4.78 is 0. The molecule has 0 saturated heterocycles. The Morgan fingerprint density at radius 1 is 0.432 bits per heavy atom. The monoisotopic (exact) mass is 644 g/mol. The molecule has 0 heterocycles. The van der Waals surface area contributed by atoms with Crippen LogP contribution in [0, 0.1) is 0 Å². The first-order valence-electron chi connectivity index (χ1n) is 18.6. The molecule has 0 spiro atoms. The number of rotatable bonds is 29. The summed E-state index contributed by atoms with van der Waals surface area (Å²) in [6.07, 6.45) is 38.7. The Kier molecular flexibility index (Phi) is 28.6. The largest absolute Gasteiger partial charge is 0.255 e. The zero-order valence-corrected chi connectivity index (χ0v) is 29.4. The van der Waals surface area contributed by atoms with Crippen molar-refractivity contribution < 1.29 is 16.5 Å². The van der Waals surface area contributed by atoms with Gasteiger partial charge in [-0.1, -0.05) is 197 Å². The van der Waals surface area contributed by atoms with Gasteiger partial charge in [0.15, 0.2) is 0 Å². The minimum Gasteiger partial charge on any atom is -0.255 e. The van der Waals surface area contributed by atoms with E-state index in [1.165, 1.54) is 161 Å². The molecule has 0 unspecified atom stereocenters. The number of benzene rings is 2. The van der Waals surface area contributed by atoms with E-state index in [9.17, 15) is 0 Å². The van der Waals surface area contributed by atoms with Gasteiger partial charge in [0.1, 0.15) is 0 Å². The average Bonchev–Trinajstić information content (AvgIpc) is 3.04. The molecular formula is C41H66N2Ni. The Morgan fingerprint density at radius 2 is 0.750 bits per heavy atom. The molecule has 2 aromatic carbocycles. The van der Waals surface area contributed by atoms with Crippen molar-refractivity contribution in [1.82, 2.24) is 0 Å². The van der Waals surface area contributed by atoms with E-state index in [0.717, 1.165) is 23.5 Å². The van der Waals surface area contributed by atoms with Gasteiger partial charge in [-0.2, -0.15) is 0 Å². The van der Waals surface area contributed by atoms with Gasteiger partial charge in [0.05, 0.1) is 17.1 Å². The van der Waals surface area contributed by atoms with Crippen LogP contribution in [-0.2, 0) is 16.5 Å². The molecule has 2 nitrogen and oxygen atoms in total. The van der Waals surface area contributed by atoms with Gasteiger partial charge in [-0.15, -0.1) is 0 Å². The molecule has 0 bridgehead atoms. The van der Waals surface area contributed by atoms with Crippen LogP contribution in [0.15, 0.2) is 70.6 Å². The summed E-state index contributed by atoms with van der Waals surface area (Å²) in [7, 11) is 0. The standard InChI is InChI=1S/C41H66N2.Ni/c1-2-3-4-5-6-7-8-9-10-11-12-13-14-15-16-17-18-19-20-21-22-23-24-25-28-37-41(43-40-35-31-27-32-36-40)38-42-39-33-29-26-30-34-39;/h26-27,29-36,38H,2-25,28,37H2,1H3;/b42-38+,43-41+;. The van der Waals surface area contributed by atoms with Gasteiger partial charge in [0, 0.05) is 22.7 Å². The van der Waals surface area contributed by atoms with Crippen LogP contribution in [-0.4, -0.2) is 11.9 Å². The first-order chi connectivity index (χ1) is 21.4. The maximum atomic E-state index is 4.87. The third-order valence-corrected chi connectivity index (χ3v) is 8.68. The predicted molar refractivity (Wildman–Crippen MR) is 194 cm³/mol. The molecule has 3 heteroatoms. The van der Waals surface area contributed by atoms with E-state index in [1.807, 2.05) is 54.7 Å². The maximum Gasteiger partial charge on any atom is 0.0633 e. The molecule has 0 aromatic heterocycles. The molecule has 0 radical (unpaired) electrons. The number of aliphatic imine (C=N–C) groups is 2. The van der Waals surface area contributed by atoms with Crippen molar-refractivity contribution >= 4 is 23.3 Å². The fourth-order valence-corrected chi connectivity index (χ4v) is 5.93. The average molecular weight is 646 g/mol. The molecule has 250 valence electrons. The Hall–Kier alpha value is -1.73. The van der Waals surface area contributed by atoms with Crippen molar-refractivity contribution in [3.63, 3.8) is 0 Å². The number of nitrogens with zero attached hydrogens (tertiary/aromatic N) is 2. The summed E-state index contributed by atoms with van der Waals surface area (Å²) in [5.41, 5.74) is 3.07. The number of hydrogen-bond donors (Lipinski definition) is 0. The van der Waals surface area contributed by atoms with Crippen molar-refractivity contribution in [1.29, 1.82) is 0 Å². The van der Waals surface area contributed by atoms with Crippen LogP contribution in [0.4, 0.5) is 11.4 Å². The molecule has 0 aliphatic rings. The maximum absolute atomic E-state index is 4.87. The minimum atomic E-state index is 0. The Morgan fingerprint density at radius 3 is 1.11 bits per heavy atom. The van der Waals surface area contributed by atoms with Crippen LogP contribution >= 0.6 is 0 Å². The number of para-hydroxylation sites is 2. The van der Waals surface area contributed by atoms with Crippen LogP contribution in [0.3, 0.4) is 0 Å². The summed E-state index contributed by atoms with van der Waals surface area (Å²) in [4.78, 5) is 9.53. The van der Waals surface area contributed by atoms with Crippen LogP contribution in [0.5, 0.6) is 0 Å². The Balaban J connectivity index is 0.00000968. The Labute approximate surface area is 283 Å². The summed E-state index contributed by atoms with van der Waals surface area (Å²) in [5, 5.41) is 0. The fraction of sp³-hybridized carbons (Fsp3) is 0.659. The Bertz CT molecular complexity index is 909. The molecular weight excluding hydrogens is 579 g/mol.